The molecule has 0 radical (unpaired) electrons. The van der Waals surface area contributed by atoms with Crippen LogP contribution in [0.3, 0.4) is 0 Å². The second kappa shape index (κ2) is 11.7. The van der Waals surface area contributed by atoms with Gasteiger partial charge in [-0.15, -0.1) is 0 Å². The summed E-state index contributed by atoms with van der Waals surface area (Å²) in [5.74, 6) is -1.25. The number of carbonyl (C=O) groups is 3. The summed E-state index contributed by atoms with van der Waals surface area (Å²) < 4.78 is 10.1. The first kappa shape index (κ1) is 23.9. The average molecular weight is 427 g/mol. The van der Waals surface area contributed by atoms with E-state index in [9.17, 15) is 14.4 Å². The number of hydrogen-bond donors (Lipinski definition) is 2. The lowest BCUT2D eigenvalue weighted by Crippen LogP contribution is -2.54. The van der Waals surface area contributed by atoms with E-state index in [0.717, 1.165) is 16.7 Å². The minimum absolute atomic E-state index is 0.0945. The molecular weight excluding hydrogens is 396 g/mol. The predicted molar refractivity (Wildman–Crippen MR) is 117 cm³/mol. The van der Waals surface area contributed by atoms with E-state index in [1.807, 2.05) is 61.5 Å². The van der Waals surface area contributed by atoms with Crippen LogP contribution in [-0.4, -0.2) is 37.2 Å². The minimum atomic E-state index is -0.873. The zero-order chi connectivity index (χ0) is 22.8. The lowest BCUT2D eigenvalue weighted by molar-refractivity contribution is -0.145. The summed E-state index contributed by atoms with van der Waals surface area (Å²) in [5.41, 5.74) is 2.79. The standard InChI is InChI=1S/C24H30N2O5/c1-16(2)21(26-24(29)31-15-18-10-6-5-7-11-18)22(27)25-20(23(28)30-4)14-19-12-8-9-17(3)13-19/h5-13,16,20-21H,14-15H2,1-4H3,(H,25,27)(H,26,29)/t20-,21+/m0/s1. The van der Waals surface area contributed by atoms with Gasteiger partial charge in [0.15, 0.2) is 0 Å². The lowest BCUT2D eigenvalue weighted by atomic mass is 10.0. The van der Waals surface area contributed by atoms with Crippen LogP contribution >= 0.6 is 0 Å². The first-order chi connectivity index (χ1) is 14.8. The summed E-state index contributed by atoms with van der Waals surface area (Å²) in [6.07, 6.45) is -0.422. The number of esters is 1. The number of amides is 2. The molecule has 0 heterocycles. The van der Waals surface area contributed by atoms with Crippen molar-refractivity contribution in [2.24, 2.45) is 5.92 Å². The molecule has 0 saturated carbocycles. The third kappa shape index (κ3) is 7.77. The maximum atomic E-state index is 12.9. The number of carbonyl (C=O) groups excluding carboxylic acids is 3. The summed E-state index contributed by atoms with van der Waals surface area (Å²) in [7, 11) is 1.27. The highest BCUT2D eigenvalue weighted by atomic mass is 16.5. The normalized spacial score (nSPS) is 12.5. The summed E-state index contributed by atoms with van der Waals surface area (Å²) >= 11 is 0. The van der Waals surface area contributed by atoms with Crippen LogP contribution in [0.1, 0.15) is 30.5 Å². The molecule has 2 rings (SSSR count). The van der Waals surface area contributed by atoms with Gasteiger partial charge in [0.1, 0.15) is 18.7 Å². The number of benzene rings is 2. The molecule has 0 aliphatic heterocycles. The molecule has 166 valence electrons. The Morgan fingerprint density at radius 3 is 2.23 bits per heavy atom. The fourth-order valence-electron chi connectivity index (χ4n) is 3.10. The molecule has 2 aromatic carbocycles. The molecule has 0 aliphatic rings. The maximum absolute atomic E-state index is 12.9. The second-order valence-electron chi connectivity index (χ2n) is 7.71. The molecule has 2 N–H and O–H groups in total. The summed E-state index contributed by atoms with van der Waals surface area (Å²) in [6, 6.07) is 15.2. The van der Waals surface area contributed by atoms with Gasteiger partial charge in [0.2, 0.25) is 5.91 Å². The zero-order valence-electron chi connectivity index (χ0n) is 18.4. The van der Waals surface area contributed by atoms with Gasteiger partial charge in [0.25, 0.3) is 0 Å². The Balaban J connectivity index is 2.02. The monoisotopic (exact) mass is 426 g/mol. The Hall–Kier alpha value is -3.35. The molecular formula is C24H30N2O5. The van der Waals surface area contributed by atoms with Gasteiger partial charge in [0.05, 0.1) is 7.11 Å². The van der Waals surface area contributed by atoms with Crippen LogP contribution < -0.4 is 10.6 Å². The Bertz CT molecular complexity index is 883. The Kier molecular flexibility index (Phi) is 9.06. The number of ether oxygens (including phenoxy) is 2. The molecule has 0 fully saturated rings. The molecule has 0 unspecified atom stereocenters. The summed E-state index contributed by atoms with van der Waals surface area (Å²) in [6.45, 7) is 5.65. The van der Waals surface area contributed by atoms with Gasteiger partial charge in [-0.05, 0) is 24.0 Å². The lowest BCUT2D eigenvalue weighted by Gasteiger charge is -2.24. The number of methoxy groups -OCH3 is 1. The van der Waals surface area contributed by atoms with Gasteiger partial charge >= 0.3 is 12.1 Å². The minimum Gasteiger partial charge on any atom is -0.467 e. The Labute approximate surface area is 183 Å². The van der Waals surface area contributed by atoms with Crippen LogP contribution in [0, 0.1) is 12.8 Å². The van der Waals surface area contributed by atoms with Crippen molar-refractivity contribution in [3.05, 3.63) is 71.3 Å². The fourth-order valence-corrected chi connectivity index (χ4v) is 3.10. The molecule has 7 heteroatoms. The van der Waals surface area contributed by atoms with Crippen molar-refractivity contribution < 1.29 is 23.9 Å². The number of nitrogens with one attached hydrogen (secondary N) is 2. The molecule has 0 aromatic heterocycles. The fraction of sp³-hybridized carbons (Fsp3) is 0.375. The molecule has 31 heavy (non-hydrogen) atoms. The average Bonchev–Trinajstić information content (AvgIpc) is 2.75. The van der Waals surface area contributed by atoms with Gasteiger partial charge in [-0.2, -0.15) is 0 Å². The van der Waals surface area contributed by atoms with E-state index < -0.39 is 30.1 Å². The summed E-state index contributed by atoms with van der Waals surface area (Å²) in [4.78, 5) is 37.4. The Morgan fingerprint density at radius 2 is 1.61 bits per heavy atom. The Morgan fingerprint density at radius 1 is 0.935 bits per heavy atom. The van der Waals surface area contributed by atoms with Crippen molar-refractivity contribution in [3.8, 4) is 0 Å². The van der Waals surface area contributed by atoms with E-state index in [1.165, 1.54) is 7.11 Å². The van der Waals surface area contributed by atoms with Crippen molar-refractivity contribution in [1.82, 2.24) is 10.6 Å². The van der Waals surface area contributed by atoms with Crippen LogP contribution in [0.2, 0.25) is 0 Å². The van der Waals surface area contributed by atoms with E-state index in [4.69, 9.17) is 9.47 Å². The highest BCUT2D eigenvalue weighted by molar-refractivity contribution is 5.90. The molecule has 0 saturated heterocycles. The van der Waals surface area contributed by atoms with E-state index in [0.29, 0.717) is 0 Å². The second-order valence-corrected chi connectivity index (χ2v) is 7.71. The molecule has 0 spiro atoms. The molecule has 2 aromatic rings. The highest BCUT2D eigenvalue weighted by Gasteiger charge is 2.29. The number of hydrogen-bond acceptors (Lipinski definition) is 5. The smallest absolute Gasteiger partial charge is 0.408 e. The van der Waals surface area contributed by atoms with Crippen LogP contribution in [0.5, 0.6) is 0 Å². The molecule has 0 bridgehead atoms. The predicted octanol–water partition coefficient (Wildman–Crippen LogP) is 3.15. The van der Waals surface area contributed by atoms with Crippen LogP contribution in [0.15, 0.2) is 54.6 Å². The van der Waals surface area contributed by atoms with Gasteiger partial charge in [-0.25, -0.2) is 9.59 Å². The first-order valence-corrected chi connectivity index (χ1v) is 10.2. The zero-order valence-corrected chi connectivity index (χ0v) is 18.4. The number of alkyl carbamates (subject to hydrolysis) is 1. The summed E-state index contributed by atoms with van der Waals surface area (Å²) in [5, 5.41) is 5.31. The van der Waals surface area contributed by atoms with Crippen molar-refractivity contribution >= 4 is 18.0 Å². The van der Waals surface area contributed by atoms with E-state index in [2.05, 4.69) is 10.6 Å². The quantitative estimate of drug-likeness (QED) is 0.601. The van der Waals surface area contributed by atoms with Crippen molar-refractivity contribution in [2.45, 2.75) is 45.9 Å². The largest absolute Gasteiger partial charge is 0.467 e. The van der Waals surface area contributed by atoms with Gasteiger partial charge in [0, 0.05) is 6.42 Å². The van der Waals surface area contributed by atoms with Crippen LogP contribution in [0.25, 0.3) is 0 Å². The van der Waals surface area contributed by atoms with E-state index >= 15 is 0 Å². The van der Waals surface area contributed by atoms with Crippen molar-refractivity contribution in [1.29, 1.82) is 0 Å². The molecule has 2 amide bonds. The third-order valence-electron chi connectivity index (χ3n) is 4.76. The number of aryl methyl sites for hydroxylation is 1. The molecule has 2 atom stereocenters. The van der Waals surface area contributed by atoms with E-state index in [-0.39, 0.29) is 18.9 Å². The number of rotatable bonds is 9. The SMILES string of the molecule is COC(=O)[C@H](Cc1cccc(C)c1)NC(=O)[C@H](NC(=O)OCc1ccccc1)C(C)C. The third-order valence-corrected chi connectivity index (χ3v) is 4.76. The molecule has 0 aliphatic carbocycles. The van der Waals surface area contributed by atoms with Gasteiger partial charge in [-0.3, -0.25) is 4.79 Å². The van der Waals surface area contributed by atoms with Gasteiger partial charge in [-0.1, -0.05) is 74.0 Å². The first-order valence-electron chi connectivity index (χ1n) is 10.2. The van der Waals surface area contributed by atoms with Gasteiger partial charge < -0.3 is 20.1 Å². The van der Waals surface area contributed by atoms with E-state index in [1.54, 1.807) is 13.8 Å². The van der Waals surface area contributed by atoms with Crippen LogP contribution in [-0.2, 0) is 32.1 Å². The van der Waals surface area contributed by atoms with Crippen molar-refractivity contribution in [2.75, 3.05) is 7.11 Å². The maximum Gasteiger partial charge on any atom is 0.408 e. The highest BCUT2D eigenvalue weighted by Crippen LogP contribution is 2.10. The molecule has 7 nitrogen and oxygen atoms in total. The van der Waals surface area contributed by atoms with Crippen molar-refractivity contribution in [3.63, 3.8) is 0 Å². The van der Waals surface area contributed by atoms with Crippen LogP contribution in [0.4, 0.5) is 4.79 Å². The topological polar surface area (TPSA) is 93.7 Å².